The molecule has 0 saturated heterocycles. The van der Waals surface area contributed by atoms with Crippen LogP contribution in [0.15, 0.2) is 30.3 Å². The Bertz CT molecular complexity index is 457. The van der Waals surface area contributed by atoms with Gasteiger partial charge in [-0.2, -0.15) is 5.26 Å². The second-order valence-corrected chi connectivity index (χ2v) is 3.49. The Balaban J connectivity index is 2.16. The molecule has 1 heterocycles. The number of anilines is 2. The molecule has 4 nitrogen and oxygen atoms in total. The fourth-order valence-electron chi connectivity index (χ4n) is 0.964. The van der Waals surface area contributed by atoms with Gasteiger partial charge in [0.15, 0.2) is 0 Å². The van der Waals surface area contributed by atoms with Crippen molar-refractivity contribution in [2.45, 2.75) is 0 Å². The van der Waals surface area contributed by atoms with Crippen LogP contribution in [0.4, 0.5) is 10.8 Å². The van der Waals surface area contributed by atoms with Gasteiger partial charge in [-0.05, 0) is 12.1 Å². The van der Waals surface area contributed by atoms with Crippen molar-refractivity contribution in [3.63, 3.8) is 0 Å². The Morgan fingerprint density at radius 2 is 2.00 bits per heavy atom. The lowest BCUT2D eigenvalue weighted by molar-refractivity contribution is 1.08. The largest absolute Gasteiger partial charge is 0.330 e. The van der Waals surface area contributed by atoms with E-state index in [1.165, 1.54) is 11.3 Å². The molecule has 0 bridgehead atoms. The summed E-state index contributed by atoms with van der Waals surface area (Å²) in [6.07, 6.45) is 0. The summed E-state index contributed by atoms with van der Waals surface area (Å²) in [6.45, 7) is 0. The maximum Gasteiger partial charge on any atom is 0.219 e. The molecule has 14 heavy (non-hydrogen) atoms. The van der Waals surface area contributed by atoms with Gasteiger partial charge in [0.25, 0.3) is 0 Å². The van der Waals surface area contributed by atoms with Gasteiger partial charge in [-0.15, -0.1) is 10.2 Å². The molecule has 0 radical (unpaired) electrons. The van der Waals surface area contributed by atoms with Crippen LogP contribution in [0, 0.1) is 11.3 Å². The first kappa shape index (κ1) is 8.66. The lowest BCUT2D eigenvalue weighted by Crippen LogP contribution is -1.87. The molecule has 0 aliphatic carbocycles. The van der Waals surface area contributed by atoms with Crippen LogP contribution in [-0.2, 0) is 0 Å². The molecule has 1 N–H and O–H groups in total. The number of rotatable bonds is 2. The van der Waals surface area contributed by atoms with Gasteiger partial charge >= 0.3 is 0 Å². The lowest BCUT2D eigenvalue weighted by Gasteiger charge is -1.98. The number of hydrogen-bond donors (Lipinski definition) is 1. The number of nitrogens with one attached hydrogen (secondary N) is 1. The van der Waals surface area contributed by atoms with Crippen LogP contribution >= 0.6 is 11.3 Å². The number of para-hydroxylation sites is 1. The maximum atomic E-state index is 8.55. The van der Waals surface area contributed by atoms with Gasteiger partial charge in [0.2, 0.25) is 10.1 Å². The van der Waals surface area contributed by atoms with Gasteiger partial charge in [0, 0.05) is 5.69 Å². The molecule has 0 unspecified atom stereocenters. The first-order valence-electron chi connectivity index (χ1n) is 3.94. The number of hydrogen-bond acceptors (Lipinski definition) is 5. The summed E-state index contributed by atoms with van der Waals surface area (Å²) in [4.78, 5) is 0. The van der Waals surface area contributed by atoms with Crippen molar-refractivity contribution >= 4 is 22.2 Å². The molecule has 1 aromatic heterocycles. The summed E-state index contributed by atoms with van der Waals surface area (Å²) in [5, 5.41) is 20.1. The molecule has 0 spiro atoms. The molecular weight excluding hydrogens is 196 g/mol. The highest BCUT2D eigenvalue weighted by molar-refractivity contribution is 7.15. The van der Waals surface area contributed by atoms with Gasteiger partial charge in [-0.25, -0.2) is 0 Å². The average molecular weight is 202 g/mol. The molecule has 5 heteroatoms. The second-order valence-electron chi connectivity index (χ2n) is 2.52. The van der Waals surface area contributed by atoms with Gasteiger partial charge in [0.1, 0.15) is 6.07 Å². The minimum absolute atomic E-state index is 0.364. The lowest BCUT2D eigenvalue weighted by atomic mass is 10.3. The molecule has 0 atom stereocenters. The van der Waals surface area contributed by atoms with E-state index < -0.39 is 0 Å². The average Bonchev–Trinajstić information content (AvgIpc) is 2.67. The van der Waals surface area contributed by atoms with Gasteiger partial charge < -0.3 is 5.32 Å². The maximum absolute atomic E-state index is 8.55. The molecule has 1 aromatic carbocycles. The van der Waals surface area contributed by atoms with Crippen LogP contribution in [-0.4, -0.2) is 10.2 Å². The minimum Gasteiger partial charge on any atom is -0.330 e. The first-order valence-corrected chi connectivity index (χ1v) is 4.76. The number of aromatic nitrogens is 2. The van der Waals surface area contributed by atoms with E-state index in [1.54, 1.807) is 0 Å². The highest BCUT2D eigenvalue weighted by Crippen LogP contribution is 2.19. The molecule has 0 aliphatic heterocycles. The van der Waals surface area contributed by atoms with Crippen LogP contribution in [0.25, 0.3) is 0 Å². The van der Waals surface area contributed by atoms with Gasteiger partial charge in [-0.3, -0.25) is 0 Å². The fourth-order valence-corrected chi connectivity index (χ4v) is 1.52. The quantitative estimate of drug-likeness (QED) is 0.810. The molecule has 0 fully saturated rings. The minimum atomic E-state index is 0.364. The van der Waals surface area contributed by atoms with E-state index in [2.05, 4.69) is 15.5 Å². The van der Waals surface area contributed by atoms with Crippen molar-refractivity contribution in [1.82, 2.24) is 10.2 Å². The Kier molecular flexibility index (Phi) is 2.38. The normalized spacial score (nSPS) is 9.36. The van der Waals surface area contributed by atoms with Crippen molar-refractivity contribution in [3.05, 3.63) is 35.3 Å². The van der Waals surface area contributed by atoms with Crippen LogP contribution in [0.5, 0.6) is 0 Å². The SMILES string of the molecule is N#Cc1nnc(Nc2ccccc2)s1. The number of nitrogens with zero attached hydrogens (tertiary/aromatic N) is 3. The highest BCUT2D eigenvalue weighted by atomic mass is 32.1. The standard InChI is InChI=1S/C9H6N4S/c10-6-8-12-13-9(14-8)11-7-4-2-1-3-5-7/h1-5H,(H,11,13). The number of nitriles is 1. The Morgan fingerprint density at radius 1 is 1.21 bits per heavy atom. The fraction of sp³-hybridized carbons (Fsp3) is 0. The predicted octanol–water partition coefficient (Wildman–Crippen LogP) is 2.15. The van der Waals surface area contributed by atoms with Crippen molar-refractivity contribution in [1.29, 1.82) is 5.26 Å². The van der Waals surface area contributed by atoms with Crippen LogP contribution in [0.3, 0.4) is 0 Å². The van der Waals surface area contributed by atoms with Crippen LogP contribution < -0.4 is 5.32 Å². The van der Waals surface area contributed by atoms with E-state index in [1.807, 2.05) is 36.4 Å². The smallest absolute Gasteiger partial charge is 0.219 e. The van der Waals surface area contributed by atoms with Gasteiger partial charge in [-0.1, -0.05) is 29.5 Å². The molecule has 2 aromatic rings. The predicted molar refractivity (Wildman–Crippen MR) is 54.3 cm³/mol. The molecule has 2 rings (SSSR count). The topological polar surface area (TPSA) is 61.6 Å². The number of benzene rings is 1. The van der Waals surface area contributed by atoms with Crippen molar-refractivity contribution in [2.24, 2.45) is 0 Å². The summed E-state index contributed by atoms with van der Waals surface area (Å²) in [5.41, 5.74) is 0.938. The third kappa shape index (κ3) is 1.87. The summed E-state index contributed by atoms with van der Waals surface area (Å²) >= 11 is 1.23. The Labute approximate surface area is 84.8 Å². The Morgan fingerprint density at radius 3 is 2.64 bits per heavy atom. The molecule has 0 saturated carbocycles. The van der Waals surface area contributed by atoms with Crippen molar-refractivity contribution in [3.8, 4) is 6.07 Å². The van der Waals surface area contributed by atoms with E-state index in [9.17, 15) is 0 Å². The van der Waals surface area contributed by atoms with Crippen LogP contribution in [0.2, 0.25) is 0 Å². The van der Waals surface area contributed by atoms with E-state index in [-0.39, 0.29) is 0 Å². The van der Waals surface area contributed by atoms with E-state index >= 15 is 0 Å². The first-order chi connectivity index (χ1) is 6.88. The van der Waals surface area contributed by atoms with E-state index in [0.29, 0.717) is 10.1 Å². The summed E-state index contributed by atoms with van der Waals surface area (Å²) in [7, 11) is 0. The molecule has 68 valence electrons. The zero-order chi connectivity index (χ0) is 9.80. The molecule has 0 aliphatic rings. The zero-order valence-corrected chi connectivity index (χ0v) is 7.95. The monoisotopic (exact) mass is 202 g/mol. The van der Waals surface area contributed by atoms with E-state index in [4.69, 9.17) is 5.26 Å². The van der Waals surface area contributed by atoms with Crippen molar-refractivity contribution in [2.75, 3.05) is 5.32 Å². The van der Waals surface area contributed by atoms with Gasteiger partial charge in [0.05, 0.1) is 0 Å². The molecular formula is C9H6N4S. The Hall–Kier alpha value is -1.93. The second kappa shape index (κ2) is 3.85. The van der Waals surface area contributed by atoms with Crippen LogP contribution in [0.1, 0.15) is 5.01 Å². The summed E-state index contributed by atoms with van der Waals surface area (Å²) in [6, 6.07) is 11.6. The zero-order valence-electron chi connectivity index (χ0n) is 7.14. The van der Waals surface area contributed by atoms with E-state index in [0.717, 1.165) is 5.69 Å². The third-order valence-corrected chi connectivity index (χ3v) is 2.29. The summed E-state index contributed by atoms with van der Waals surface area (Å²) in [5.74, 6) is 0. The summed E-state index contributed by atoms with van der Waals surface area (Å²) < 4.78 is 0. The third-order valence-electron chi connectivity index (χ3n) is 1.55. The molecule has 0 amide bonds. The highest BCUT2D eigenvalue weighted by Gasteiger charge is 2.01. The van der Waals surface area contributed by atoms with Crippen molar-refractivity contribution < 1.29 is 0 Å².